The van der Waals surface area contributed by atoms with Gasteiger partial charge in [0.15, 0.2) is 0 Å². The van der Waals surface area contributed by atoms with E-state index in [4.69, 9.17) is 30.5 Å². The van der Waals surface area contributed by atoms with Crippen molar-refractivity contribution in [3.05, 3.63) is 58.6 Å². The third-order valence-electron chi connectivity index (χ3n) is 8.75. The first kappa shape index (κ1) is 31.6. The standard InChI is InChI=1S/C31H40ClFN4O6/c1-40-30(39)37-28(27(21-8-12-41-13-9-21)20-2-4-22(32)5-3-20)29(38)36-26-18-34-17-25(33)24(26)7-6-23-16-35-19-31(43-23)10-14-42-15-11-31/h2-5,17-18,21,23,27-28,35H,6-16,19H2,1H3,(H,36,38)(H,37,39)/t23-,27+,28+/m1/s1. The number of carbonyl (C=O) groups is 2. The van der Waals surface area contributed by atoms with Gasteiger partial charge < -0.3 is 34.9 Å². The molecule has 0 saturated carbocycles. The average molecular weight is 619 g/mol. The molecule has 2 aromatic rings. The highest BCUT2D eigenvalue weighted by Gasteiger charge is 2.40. The Kier molecular flexibility index (Phi) is 10.8. The normalized spacial score (nSPS) is 22.0. The monoisotopic (exact) mass is 618 g/mol. The van der Waals surface area contributed by atoms with E-state index in [1.807, 2.05) is 12.1 Å². The predicted molar refractivity (Wildman–Crippen MR) is 159 cm³/mol. The third-order valence-corrected chi connectivity index (χ3v) is 9.00. The number of ether oxygens (including phenoxy) is 4. The van der Waals surface area contributed by atoms with Crippen molar-refractivity contribution in [3.8, 4) is 0 Å². The van der Waals surface area contributed by atoms with Gasteiger partial charge in [-0.15, -0.1) is 0 Å². The van der Waals surface area contributed by atoms with Crippen LogP contribution in [0.4, 0.5) is 14.9 Å². The molecule has 0 aliphatic carbocycles. The van der Waals surface area contributed by atoms with Gasteiger partial charge in [0.2, 0.25) is 5.91 Å². The highest BCUT2D eigenvalue weighted by atomic mass is 35.5. The van der Waals surface area contributed by atoms with Crippen LogP contribution in [0.25, 0.3) is 0 Å². The summed E-state index contributed by atoms with van der Waals surface area (Å²) in [6.07, 6.45) is 5.66. The second-order valence-corrected chi connectivity index (χ2v) is 11.9. The van der Waals surface area contributed by atoms with Gasteiger partial charge in [0.25, 0.3) is 0 Å². The summed E-state index contributed by atoms with van der Waals surface area (Å²) in [5.74, 6) is -1.40. The molecule has 0 radical (unpaired) electrons. The zero-order valence-corrected chi connectivity index (χ0v) is 25.2. The summed E-state index contributed by atoms with van der Waals surface area (Å²) in [4.78, 5) is 30.6. The molecule has 3 atom stereocenters. The molecule has 234 valence electrons. The number of hydrogen-bond donors (Lipinski definition) is 3. The zero-order chi connectivity index (χ0) is 30.2. The van der Waals surface area contributed by atoms with Gasteiger partial charge in [-0.1, -0.05) is 23.7 Å². The quantitative estimate of drug-likeness (QED) is 0.382. The summed E-state index contributed by atoms with van der Waals surface area (Å²) in [6.45, 7) is 3.85. The average Bonchev–Trinajstić information content (AvgIpc) is 3.02. The van der Waals surface area contributed by atoms with Crippen LogP contribution in [0.1, 0.15) is 49.1 Å². The number of rotatable bonds is 9. The molecule has 0 unspecified atom stereocenters. The number of anilines is 1. The van der Waals surface area contributed by atoms with Gasteiger partial charge in [-0.25, -0.2) is 9.18 Å². The number of pyridine rings is 1. The maximum atomic E-state index is 15.2. The summed E-state index contributed by atoms with van der Waals surface area (Å²) in [5.41, 5.74) is 1.18. The van der Waals surface area contributed by atoms with Crippen molar-refractivity contribution in [2.24, 2.45) is 5.92 Å². The van der Waals surface area contributed by atoms with Gasteiger partial charge >= 0.3 is 6.09 Å². The van der Waals surface area contributed by atoms with Crippen molar-refractivity contribution in [1.29, 1.82) is 0 Å². The zero-order valence-electron chi connectivity index (χ0n) is 24.4. The lowest BCUT2D eigenvalue weighted by Crippen LogP contribution is -2.56. The van der Waals surface area contributed by atoms with Gasteiger partial charge in [-0.2, -0.15) is 0 Å². The Balaban J connectivity index is 1.36. The fourth-order valence-corrected chi connectivity index (χ4v) is 6.56. The Morgan fingerprint density at radius 3 is 2.58 bits per heavy atom. The molecule has 1 aromatic carbocycles. The summed E-state index contributed by atoms with van der Waals surface area (Å²) in [6, 6.07) is 6.22. The van der Waals surface area contributed by atoms with Crippen molar-refractivity contribution in [2.75, 3.05) is 51.9 Å². The van der Waals surface area contributed by atoms with Gasteiger partial charge in [0, 0.05) is 68.9 Å². The number of carbonyl (C=O) groups excluding carboxylic acids is 2. The van der Waals surface area contributed by atoms with Crippen molar-refractivity contribution >= 4 is 29.3 Å². The fourth-order valence-electron chi connectivity index (χ4n) is 6.44. The molecular formula is C31H40ClFN4O6. The molecule has 3 aliphatic heterocycles. The molecule has 1 aromatic heterocycles. The molecule has 4 heterocycles. The summed E-state index contributed by atoms with van der Waals surface area (Å²) < 4.78 is 37.7. The maximum absolute atomic E-state index is 15.2. The van der Waals surface area contributed by atoms with Crippen LogP contribution in [0.2, 0.25) is 5.02 Å². The van der Waals surface area contributed by atoms with Crippen LogP contribution >= 0.6 is 11.6 Å². The Hall–Kier alpha value is -2.83. The first-order valence-corrected chi connectivity index (χ1v) is 15.3. The van der Waals surface area contributed by atoms with E-state index in [9.17, 15) is 9.59 Å². The molecule has 3 saturated heterocycles. The van der Waals surface area contributed by atoms with E-state index in [2.05, 4.69) is 20.9 Å². The van der Waals surface area contributed by atoms with E-state index in [-0.39, 0.29) is 23.3 Å². The van der Waals surface area contributed by atoms with E-state index in [0.717, 1.165) is 31.1 Å². The van der Waals surface area contributed by atoms with Gasteiger partial charge in [0.1, 0.15) is 11.9 Å². The van der Waals surface area contributed by atoms with Gasteiger partial charge in [-0.05, 0) is 49.3 Å². The Morgan fingerprint density at radius 2 is 1.86 bits per heavy atom. The fraction of sp³-hybridized carbons (Fsp3) is 0.581. The largest absolute Gasteiger partial charge is 0.453 e. The molecule has 43 heavy (non-hydrogen) atoms. The summed E-state index contributed by atoms with van der Waals surface area (Å²) in [7, 11) is 1.25. The molecule has 10 nitrogen and oxygen atoms in total. The van der Waals surface area contributed by atoms with E-state index in [1.54, 1.807) is 12.1 Å². The lowest BCUT2D eigenvalue weighted by molar-refractivity contribution is -0.160. The lowest BCUT2D eigenvalue weighted by atomic mass is 9.76. The van der Waals surface area contributed by atoms with Crippen LogP contribution in [-0.4, -0.2) is 81.4 Å². The van der Waals surface area contributed by atoms with Crippen molar-refractivity contribution in [1.82, 2.24) is 15.6 Å². The first-order chi connectivity index (χ1) is 20.9. The molecule has 5 rings (SSSR count). The van der Waals surface area contributed by atoms with E-state index >= 15 is 4.39 Å². The smallest absolute Gasteiger partial charge is 0.407 e. The second-order valence-electron chi connectivity index (χ2n) is 11.5. The van der Waals surface area contributed by atoms with E-state index in [1.165, 1.54) is 13.3 Å². The van der Waals surface area contributed by atoms with E-state index < -0.39 is 29.8 Å². The maximum Gasteiger partial charge on any atom is 0.407 e. The minimum Gasteiger partial charge on any atom is -0.453 e. The van der Waals surface area contributed by atoms with Crippen LogP contribution in [-0.2, 0) is 30.2 Å². The summed E-state index contributed by atoms with van der Waals surface area (Å²) >= 11 is 6.17. The summed E-state index contributed by atoms with van der Waals surface area (Å²) in [5, 5.41) is 9.66. The van der Waals surface area contributed by atoms with Crippen LogP contribution < -0.4 is 16.0 Å². The highest BCUT2D eigenvalue weighted by Crippen LogP contribution is 2.37. The molecule has 3 N–H and O–H groups in total. The van der Waals surface area contributed by atoms with Gasteiger partial charge in [0.05, 0.1) is 36.9 Å². The molecule has 0 bridgehead atoms. The van der Waals surface area contributed by atoms with Crippen molar-refractivity contribution < 1.29 is 32.9 Å². The molecule has 3 fully saturated rings. The third kappa shape index (κ3) is 8.02. The topological polar surface area (TPSA) is 120 Å². The molecule has 2 amide bonds. The minimum atomic E-state index is -1.02. The lowest BCUT2D eigenvalue weighted by Gasteiger charge is -2.44. The number of halogens is 2. The number of alkyl carbamates (subject to hydrolysis) is 1. The number of aromatic nitrogens is 1. The Bertz CT molecular complexity index is 1230. The number of nitrogens with zero attached hydrogens (tertiary/aromatic N) is 1. The number of amides is 2. The molecular weight excluding hydrogens is 579 g/mol. The second kappa shape index (κ2) is 14.8. The minimum absolute atomic E-state index is 0.0291. The Morgan fingerprint density at radius 1 is 1.14 bits per heavy atom. The van der Waals surface area contributed by atoms with Crippen LogP contribution in [0.3, 0.4) is 0 Å². The number of nitrogens with one attached hydrogen (secondary N) is 3. The Labute approximate surface area is 256 Å². The predicted octanol–water partition coefficient (Wildman–Crippen LogP) is 4.22. The number of morpholine rings is 1. The van der Waals surface area contributed by atoms with Crippen LogP contribution in [0.5, 0.6) is 0 Å². The van der Waals surface area contributed by atoms with Crippen molar-refractivity contribution in [2.45, 2.75) is 62.2 Å². The van der Waals surface area contributed by atoms with E-state index in [0.29, 0.717) is 69.2 Å². The number of methoxy groups -OCH3 is 1. The van der Waals surface area contributed by atoms with Crippen molar-refractivity contribution in [3.63, 3.8) is 0 Å². The highest BCUT2D eigenvalue weighted by molar-refractivity contribution is 6.30. The molecule has 3 aliphatic rings. The molecule has 1 spiro atoms. The SMILES string of the molecule is COC(=O)N[C@H](C(=O)Nc1cncc(F)c1CC[C@@H]1CNCC2(CCOCC2)O1)[C@@H](c1ccc(Cl)cc1)C1CCOCC1. The molecule has 12 heteroatoms. The number of benzene rings is 1. The number of hydrogen-bond acceptors (Lipinski definition) is 8. The van der Waals surface area contributed by atoms with Crippen LogP contribution in [0.15, 0.2) is 36.7 Å². The first-order valence-electron chi connectivity index (χ1n) is 14.9. The van der Waals surface area contributed by atoms with Gasteiger partial charge in [-0.3, -0.25) is 9.78 Å². The van der Waals surface area contributed by atoms with Crippen LogP contribution in [0, 0.1) is 11.7 Å².